The lowest BCUT2D eigenvalue weighted by molar-refractivity contribution is 0.199. The molecule has 2 rings (SSSR count). The molecule has 3 heteroatoms. The Kier molecular flexibility index (Phi) is 3.38. The highest BCUT2D eigenvalue weighted by atomic mass is 19.1. The van der Waals surface area contributed by atoms with Gasteiger partial charge in [-0.15, -0.1) is 0 Å². The molecule has 0 aliphatic carbocycles. The zero-order valence-electron chi connectivity index (χ0n) is 10.7. The molecule has 1 aromatic rings. The van der Waals surface area contributed by atoms with Gasteiger partial charge in [-0.1, -0.05) is 0 Å². The molecule has 0 spiro atoms. The fourth-order valence-electron chi connectivity index (χ4n) is 2.56. The molecule has 94 valence electrons. The van der Waals surface area contributed by atoms with Gasteiger partial charge in [0.15, 0.2) is 0 Å². The van der Waals surface area contributed by atoms with Gasteiger partial charge in [0.2, 0.25) is 0 Å². The Labute approximate surface area is 102 Å². The Morgan fingerprint density at radius 3 is 2.71 bits per heavy atom. The summed E-state index contributed by atoms with van der Waals surface area (Å²) in [6.45, 7) is 6.63. The van der Waals surface area contributed by atoms with Gasteiger partial charge >= 0.3 is 0 Å². The second kappa shape index (κ2) is 4.65. The van der Waals surface area contributed by atoms with Gasteiger partial charge in [-0.25, -0.2) is 4.39 Å². The smallest absolute Gasteiger partial charge is 0.126 e. The summed E-state index contributed by atoms with van der Waals surface area (Å²) in [4.78, 5) is 2.27. The van der Waals surface area contributed by atoms with Gasteiger partial charge in [0, 0.05) is 23.8 Å². The van der Waals surface area contributed by atoms with Crippen LogP contribution in [0.3, 0.4) is 0 Å². The van der Waals surface area contributed by atoms with E-state index in [0.29, 0.717) is 17.2 Å². The van der Waals surface area contributed by atoms with Crippen LogP contribution in [0.5, 0.6) is 0 Å². The zero-order valence-corrected chi connectivity index (χ0v) is 10.7. The zero-order chi connectivity index (χ0) is 12.6. The second-order valence-electron chi connectivity index (χ2n) is 5.02. The van der Waals surface area contributed by atoms with E-state index in [9.17, 15) is 9.50 Å². The summed E-state index contributed by atoms with van der Waals surface area (Å²) >= 11 is 0. The van der Waals surface area contributed by atoms with Crippen LogP contribution < -0.4 is 4.90 Å². The van der Waals surface area contributed by atoms with Crippen molar-refractivity contribution in [1.29, 1.82) is 0 Å². The van der Waals surface area contributed by atoms with E-state index in [4.69, 9.17) is 0 Å². The monoisotopic (exact) mass is 237 g/mol. The maximum Gasteiger partial charge on any atom is 0.126 e. The SMILES string of the molecule is Cc1cc(N2CCCC2C)c(C(C)O)cc1F. The second-order valence-corrected chi connectivity index (χ2v) is 5.02. The first-order valence-electron chi connectivity index (χ1n) is 6.25. The summed E-state index contributed by atoms with van der Waals surface area (Å²) in [5, 5.41) is 9.77. The first-order chi connectivity index (χ1) is 8.00. The summed E-state index contributed by atoms with van der Waals surface area (Å²) in [5.41, 5.74) is 2.33. The van der Waals surface area contributed by atoms with Crippen molar-refractivity contribution in [3.8, 4) is 0 Å². The number of aryl methyl sites for hydroxylation is 1. The molecule has 0 saturated carbocycles. The molecule has 1 heterocycles. The van der Waals surface area contributed by atoms with Crippen molar-refractivity contribution in [3.05, 3.63) is 29.1 Å². The molecular formula is C14H20FNO. The van der Waals surface area contributed by atoms with Crippen molar-refractivity contribution < 1.29 is 9.50 Å². The molecule has 1 N–H and O–H groups in total. The van der Waals surface area contributed by atoms with Crippen LogP contribution in [0.25, 0.3) is 0 Å². The highest BCUT2D eigenvalue weighted by molar-refractivity contribution is 5.58. The molecule has 1 aliphatic rings. The number of halogens is 1. The third-order valence-electron chi connectivity index (χ3n) is 3.62. The van der Waals surface area contributed by atoms with Gasteiger partial charge < -0.3 is 10.0 Å². The number of benzene rings is 1. The van der Waals surface area contributed by atoms with E-state index < -0.39 is 6.10 Å². The van der Waals surface area contributed by atoms with Gasteiger partial charge in [-0.2, -0.15) is 0 Å². The summed E-state index contributed by atoms with van der Waals surface area (Å²) in [6.07, 6.45) is 1.69. The number of aliphatic hydroxyl groups is 1. The van der Waals surface area contributed by atoms with Crippen LogP contribution >= 0.6 is 0 Å². The molecule has 1 aliphatic heterocycles. The normalized spacial score (nSPS) is 21.9. The van der Waals surface area contributed by atoms with Gasteiger partial charge in [0.05, 0.1) is 6.10 Å². The first kappa shape index (κ1) is 12.4. The van der Waals surface area contributed by atoms with E-state index in [0.717, 1.165) is 25.1 Å². The predicted molar refractivity (Wildman–Crippen MR) is 67.8 cm³/mol. The number of aliphatic hydroxyl groups excluding tert-OH is 1. The van der Waals surface area contributed by atoms with E-state index in [1.165, 1.54) is 6.07 Å². The minimum absolute atomic E-state index is 0.239. The number of hydrogen-bond acceptors (Lipinski definition) is 2. The van der Waals surface area contributed by atoms with Gasteiger partial charge in [0.1, 0.15) is 5.82 Å². The minimum atomic E-state index is -0.632. The molecule has 1 fully saturated rings. The Morgan fingerprint density at radius 1 is 1.47 bits per heavy atom. The maximum absolute atomic E-state index is 13.6. The van der Waals surface area contributed by atoms with E-state index in [2.05, 4.69) is 11.8 Å². The third-order valence-corrected chi connectivity index (χ3v) is 3.62. The molecule has 1 saturated heterocycles. The molecule has 0 bridgehead atoms. The fourth-order valence-corrected chi connectivity index (χ4v) is 2.56. The van der Waals surface area contributed by atoms with Gasteiger partial charge in [-0.05, 0) is 51.3 Å². The molecule has 0 aromatic heterocycles. The number of hydrogen-bond donors (Lipinski definition) is 1. The first-order valence-corrected chi connectivity index (χ1v) is 6.25. The summed E-state index contributed by atoms with van der Waals surface area (Å²) in [5.74, 6) is -0.239. The van der Waals surface area contributed by atoms with E-state index >= 15 is 0 Å². The van der Waals surface area contributed by atoms with Crippen molar-refractivity contribution >= 4 is 5.69 Å². The number of rotatable bonds is 2. The van der Waals surface area contributed by atoms with E-state index in [-0.39, 0.29) is 5.82 Å². The van der Waals surface area contributed by atoms with Gasteiger partial charge in [-0.3, -0.25) is 0 Å². The maximum atomic E-state index is 13.6. The molecule has 0 radical (unpaired) electrons. The lowest BCUT2D eigenvalue weighted by Gasteiger charge is -2.28. The van der Waals surface area contributed by atoms with Crippen molar-refractivity contribution in [2.45, 2.75) is 45.8 Å². The van der Waals surface area contributed by atoms with Crippen molar-refractivity contribution in [1.82, 2.24) is 0 Å². The van der Waals surface area contributed by atoms with Crippen molar-refractivity contribution in [2.24, 2.45) is 0 Å². The molecule has 0 amide bonds. The number of anilines is 1. The predicted octanol–water partition coefficient (Wildman–Crippen LogP) is 3.18. The van der Waals surface area contributed by atoms with Crippen LogP contribution in [-0.2, 0) is 0 Å². The van der Waals surface area contributed by atoms with Gasteiger partial charge in [0.25, 0.3) is 0 Å². The summed E-state index contributed by atoms with van der Waals surface area (Å²) in [6, 6.07) is 3.80. The van der Waals surface area contributed by atoms with Crippen LogP contribution in [0, 0.1) is 12.7 Å². The highest BCUT2D eigenvalue weighted by Gasteiger charge is 2.24. The molecule has 2 nitrogen and oxygen atoms in total. The highest BCUT2D eigenvalue weighted by Crippen LogP contribution is 2.33. The summed E-state index contributed by atoms with van der Waals surface area (Å²) < 4.78 is 13.6. The topological polar surface area (TPSA) is 23.5 Å². The van der Waals surface area contributed by atoms with Crippen molar-refractivity contribution in [2.75, 3.05) is 11.4 Å². The lowest BCUT2D eigenvalue weighted by atomic mass is 10.0. The van der Waals surface area contributed by atoms with Crippen LogP contribution in [0.2, 0.25) is 0 Å². The van der Waals surface area contributed by atoms with Crippen LogP contribution in [-0.4, -0.2) is 17.7 Å². The lowest BCUT2D eigenvalue weighted by Crippen LogP contribution is -2.27. The Morgan fingerprint density at radius 2 is 2.18 bits per heavy atom. The number of nitrogens with zero attached hydrogens (tertiary/aromatic N) is 1. The molecule has 1 aromatic carbocycles. The Hall–Kier alpha value is -1.09. The van der Waals surface area contributed by atoms with E-state index in [1.807, 2.05) is 6.07 Å². The Balaban J connectivity index is 2.47. The summed E-state index contributed by atoms with van der Waals surface area (Å²) in [7, 11) is 0. The average molecular weight is 237 g/mol. The fraction of sp³-hybridized carbons (Fsp3) is 0.571. The molecule has 2 unspecified atom stereocenters. The minimum Gasteiger partial charge on any atom is -0.389 e. The molecular weight excluding hydrogens is 217 g/mol. The van der Waals surface area contributed by atoms with Crippen LogP contribution in [0.4, 0.5) is 10.1 Å². The van der Waals surface area contributed by atoms with E-state index in [1.54, 1.807) is 13.8 Å². The molecule has 2 atom stereocenters. The van der Waals surface area contributed by atoms with Crippen molar-refractivity contribution in [3.63, 3.8) is 0 Å². The standard InChI is InChI=1S/C14H20FNO/c1-9-7-14(16-6-4-5-10(16)2)12(11(3)17)8-13(9)15/h7-8,10-11,17H,4-6H2,1-3H3. The molecule has 17 heavy (non-hydrogen) atoms. The Bertz CT molecular complexity index is 417. The van der Waals surface area contributed by atoms with Crippen LogP contribution in [0.1, 0.15) is 43.9 Å². The quantitative estimate of drug-likeness (QED) is 0.854. The largest absolute Gasteiger partial charge is 0.389 e. The van der Waals surface area contributed by atoms with Crippen LogP contribution in [0.15, 0.2) is 12.1 Å². The average Bonchev–Trinajstić information content (AvgIpc) is 2.67. The third kappa shape index (κ3) is 2.29.